The van der Waals surface area contributed by atoms with Crippen LogP contribution in [0, 0.1) is 6.92 Å². The molecule has 0 aliphatic carbocycles. The van der Waals surface area contributed by atoms with Gasteiger partial charge in [0.2, 0.25) is 0 Å². The zero-order valence-corrected chi connectivity index (χ0v) is 10.4. The lowest BCUT2D eigenvalue weighted by atomic mass is 10.2. The minimum Gasteiger partial charge on any atom is -0.454 e. The number of nitrogen functional groups attached to an aromatic ring is 1. The highest BCUT2D eigenvalue weighted by molar-refractivity contribution is 6.33. The first kappa shape index (κ1) is 12.4. The third kappa shape index (κ3) is 2.62. The molecule has 18 heavy (non-hydrogen) atoms. The minimum absolute atomic E-state index is 0.00558. The van der Waals surface area contributed by atoms with Crippen LogP contribution in [0.1, 0.15) is 21.8 Å². The number of carbonyl (C=O) groups excluding carboxylic acids is 1. The molecule has 5 nitrogen and oxygen atoms in total. The van der Waals surface area contributed by atoms with Crippen molar-refractivity contribution in [3.8, 4) is 0 Å². The maximum Gasteiger partial charge on any atom is 0.340 e. The highest BCUT2D eigenvalue weighted by Crippen LogP contribution is 2.23. The van der Waals surface area contributed by atoms with E-state index in [1.54, 1.807) is 31.2 Å². The van der Waals surface area contributed by atoms with Crippen molar-refractivity contribution >= 4 is 23.3 Å². The van der Waals surface area contributed by atoms with Gasteiger partial charge in [-0.2, -0.15) is 0 Å². The lowest BCUT2D eigenvalue weighted by Gasteiger charge is -2.06. The Morgan fingerprint density at radius 2 is 2.33 bits per heavy atom. The zero-order chi connectivity index (χ0) is 13.1. The Morgan fingerprint density at radius 3 is 3.00 bits per heavy atom. The first-order chi connectivity index (χ1) is 8.58. The summed E-state index contributed by atoms with van der Waals surface area (Å²) in [6, 6.07) is 6.48. The summed E-state index contributed by atoms with van der Waals surface area (Å²) in [7, 11) is 0. The first-order valence-corrected chi connectivity index (χ1v) is 5.59. The van der Waals surface area contributed by atoms with Crippen LogP contribution in [0.25, 0.3) is 0 Å². The Labute approximate surface area is 108 Å². The van der Waals surface area contributed by atoms with Gasteiger partial charge < -0.3 is 15.0 Å². The molecule has 6 heteroatoms. The normalized spacial score (nSPS) is 10.3. The second-order valence-electron chi connectivity index (χ2n) is 3.71. The number of para-hydroxylation sites is 1. The molecule has 0 saturated carbocycles. The molecule has 94 valence electrons. The largest absolute Gasteiger partial charge is 0.454 e. The lowest BCUT2D eigenvalue weighted by molar-refractivity contribution is 0.0438. The molecule has 0 saturated heterocycles. The van der Waals surface area contributed by atoms with Crippen LogP contribution in [0.5, 0.6) is 0 Å². The fourth-order valence-electron chi connectivity index (χ4n) is 1.41. The number of halogens is 1. The van der Waals surface area contributed by atoms with Crippen molar-refractivity contribution in [1.29, 1.82) is 0 Å². The van der Waals surface area contributed by atoms with Gasteiger partial charge >= 0.3 is 5.97 Å². The van der Waals surface area contributed by atoms with E-state index >= 15 is 0 Å². The molecule has 0 radical (unpaired) electrons. The fourth-order valence-corrected chi connectivity index (χ4v) is 1.59. The van der Waals surface area contributed by atoms with Gasteiger partial charge in [0, 0.05) is 6.07 Å². The lowest BCUT2D eigenvalue weighted by Crippen LogP contribution is -2.08. The quantitative estimate of drug-likeness (QED) is 0.682. The van der Waals surface area contributed by atoms with Gasteiger partial charge in [-0.3, -0.25) is 0 Å². The van der Waals surface area contributed by atoms with E-state index in [9.17, 15) is 4.79 Å². The van der Waals surface area contributed by atoms with Gasteiger partial charge in [0.15, 0.2) is 12.4 Å². The number of aromatic nitrogens is 1. The van der Waals surface area contributed by atoms with Crippen LogP contribution >= 0.6 is 11.6 Å². The van der Waals surface area contributed by atoms with E-state index in [4.69, 9.17) is 26.6 Å². The van der Waals surface area contributed by atoms with Gasteiger partial charge in [-0.25, -0.2) is 4.79 Å². The van der Waals surface area contributed by atoms with Crippen LogP contribution in [0.3, 0.4) is 0 Å². The van der Waals surface area contributed by atoms with E-state index < -0.39 is 5.97 Å². The van der Waals surface area contributed by atoms with Gasteiger partial charge in [-0.15, -0.1) is 0 Å². The van der Waals surface area contributed by atoms with Gasteiger partial charge in [-0.1, -0.05) is 22.8 Å². The van der Waals surface area contributed by atoms with E-state index in [-0.39, 0.29) is 17.9 Å². The van der Waals surface area contributed by atoms with Crippen molar-refractivity contribution in [2.24, 2.45) is 0 Å². The van der Waals surface area contributed by atoms with Crippen LogP contribution in [0.15, 0.2) is 28.8 Å². The van der Waals surface area contributed by atoms with Gasteiger partial charge in [-0.05, 0) is 19.1 Å². The molecule has 0 aliphatic heterocycles. The molecular formula is C12H11ClN2O3. The number of ether oxygens (including phenoxy) is 1. The van der Waals surface area contributed by atoms with Crippen LogP contribution in [0.4, 0.5) is 5.69 Å². The summed E-state index contributed by atoms with van der Waals surface area (Å²) in [4.78, 5) is 11.8. The molecule has 1 aromatic heterocycles. The van der Waals surface area contributed by atoms with Crippen molar-refractivity contribution in [3.63, 3.8) is 0 Å². The van der Waals surface area contributed by atoms with E-state index in [0.717, 1.165) is 5.69 Å². The van der Waals surface area contributed by atoms with Crippen molar-refractivity contribution in [3.05, 3.63) is 46.3 Å². The molecule has 2 N–H and O–H groups in total. The summed E-state index contributed by atoms with van der Waals surface area (Å²) in [5, 5.41) is 4.01. The highest BCUT2D eigenvalue weighted by Gasteiger charge is 2.14. The maximum atomic E-state index is 11.8. The molecule has 0 spiro atoms. The Hall–Kier alpha value is -2.01. The Morgan fingerprint density at radius 1 is 1.56 bits per heavy atom. The number of hydrogen-bond donors (Lipinski definition) is 1. The number of nitrogens with zero attached hydrogens (tertiary/aromatic N) is 1. The van der Waals surface area contributed by atoms with E-state index in [1.165, 1.54) is 0 Å². The number of carbonyl (C=O) groups is 1. The maximum absolute atomic E-state index is 11.8. The predicted molar refractivity (Wildman–Crippen MR) is 66.2 cm³/mol. The Bertz CT molecular complexity index is 580. The van der Waals surface area contributed by atoms with Crippen molar-refractivity contribution in [1.82, 2.24) is 5.16 Å². The fraction of sp³-hybridized carbons (Fsp3) is 0.167. The van der Waals surface area contributed by atoms with Gasteiger partial charge in [0.25, 0.3) is 0 Å². The third-order valence-corrected chi connectivity index (χ3v) is 2.62. The Kier molecular flexibility index (Phi) is 3.53. The molecule has 0 amide bonds. The standard InChI is InChI=1S/C12H11ClN2O3/c1-7-5-8(18-15-7)6-17-12(16)9-3-2-4-10(13)11(9)14/h2-5H,6,14H2,1H3. The summed E-state index contributed by atoms with van der Waals surface area (Å²) >= 11 is 5.82. The number of rotatable bonds is 3. The van der Waals surface area contributed by atoms with Gasteiger partial charge in [0.05, 0.1) is 22.0 Å². The number of aryl methyl sites for hydroxylation is 1. The molecule has 1 heterocycles. The number of benzene rings is 1. The summed E-state index contributed by atoms with van der Waals surface area (Å²) in [5.74, 6) is -0.0782. The smallest absolute Gasteiger partial charge is 0.340 e. The zero-order valence-electron chi connectivity index (χ0n) is 9.64. The number of esters is 1. The number of nitrogens with two attached hydrogens (primary N) is 1. The number of anilines is 1. The van der Waals surface area contributed by atoms with Crippen LogP contribution in [0.2, 0.25) is 5.02 Å². The van der Waals surface area contributed by atoms with E-state index in [0.29, 0.717) is 10.8 Å². The molecule has 0 aliphatic rings. The monoisotopic (exact) mass is 266 g/mol. The second kappa shape index (κ2) is 5.10. The molecule has 0 fully saturated rings. The first-order valence-electron chi connectivity index (χ1n) is 5.21. The second-order valence-corrected chi connectivity index (χ2v) is 4.12. The summed E-state index contributed by atoms with van der Waals surface area (Å²) < 4.78 is 9.97. The van der Waals surface area contributed by atoms with Crippen LogP contribution in [-0.4, -0.2) is 11.1 Å². The molecule has 1 aromatic carbocycles. The van der Waals surface area contributed by atoms with Gasteiger partial charge in [0.1, 0.15) is 0 Å². The molecule has 0 atom stereocenters. The Balaban J connectivity index is 2.06. The highest BCUT2D eigenvalue weighted by atomic mass is 35.5. The minimum atomic E-state index is -0.552. The van der Waals surface area contributed by atoms with Crippen molar-refractivity contribution in [2.75, 3.05) is 5.73 Å². The van der Waals surface area contributed by atoms with Crippen molar-refractivity contribution in [2.45, 2.75) is 13.5 Å². The van der Waals surface area contributed by atoms with E-state index in [1.807, 2.05) is 0 Å². The average Bonchev–Trinajstić information content (AvgIpc) is 2.76. The van der Waals surface area contributed by atoms with E-state index in [2.05, 4.69) is 5.16 Å². The molecule has 0 unspecified atom stereocenters. The predicted octanol–water partition coefficient (Wildman–Crippen LogP) is 2.58. The molecular weight excluding hydrogens is 256 g/mol. The third-order valence-electron chi connectivity index (χ3n) is 2.30. The van der Waals surface area contributed by atoms with Crippen LogP contribution in [-0.2, 0) is 11.3 Å². The summed E-state index contributed by atoms with van der Waals surface area (Å²) in [6.07, 6.45) is 0. The van der Waals surface area contributed by atoms with Crippen molar-refractivity contribution < 1.29 is 14.1 Å². The SMILES string of the molecule is Cc1cc(COC(=O)c2cccc(Cl)c2N)on1. The summed E-state index contributed by atoms with van der Waals surface area (Å²) in [5.41, 5.74) is 6.85. The molecule has 2 rings (SSSR count). The number of hydrogen-bond acceptors (Lipinski definition) is 5. The average molecular weight is 267 g/mol. The summed E-state index contributed by atoms with van der Waals surface area (Å²) in [6.45, 7) is 1.79. The molecule has 2 aromatic rings. The molecule has 0 bridgehead atoms. The topological polar surface area (TPSA) is 78.4 Å². The van der Waals surface area contributed by atoms with Crippen LogP contribution < -0.4 is 5.73 Å².